The Hall–Kier alpha value is -4.59. The molecule has 0 aliphatic rings. The highest BCUT2D eigenvalue weighted by Gasteiger charge is 2.24. The molecule has 2 aromatic rings. The summed E-state index contributed by atoms with van der Waals surface area (Å²) in [5, 5.41) is 34.4. The second kappa shape index (κ2) is 25.4. The molecule has 0 saturated heterocycles. The Morgan fingerprint density at radius 1 is 0.620 bits per heavy atom. The van der Waals surface area contributed by atoms with Gasteiger partial charge in [-0.3, -0.25) is 24.5 Å². The summed E-state index contributed by atoms with van der Waals surface area (Å²) in [7, 11) is 0. The molecule has 6 N–H and O–H groups in total. The topological polar surface area (TPSA) is 211 Å². The molecule has 276 valence electrons. The van der Waals surface area contributed by atoms with Gasteiger partial charge in [0.1, 0.15) is 12.1 Å². The number of urea groups is 1. The minimum absolute atomic E-state index is 0.0431. The Bertz CT molecular complexity index is 1240. The maximum atomic E-state index is 12.2. The Labute approximate surface area is 294 Å². The van der Waals surface area contributed by atoms with Crippen LogP contribution in [0.1, 0.15) is 108 Å². The SMILES string of the molecule is O=C(O)CC[C@H](NC(=O)N[C@@H](CCCCNC(=O)CCCCCCCCCCCN(Cc1ccccn1)Cc1ccccn1)C(=O)O)C(=O)O. The molecule has 50 heavy (non-hydrogen) atoms. The molecule has 0 unspecified atom stereocenters. The molecular weight excluding hydrogens is 644 g/mol. The van der Waals surface area contributed by atoms with E-state index in [9.17, 15) is 29.1 Å². The van der Waals surface area contributed by atoms with E-state index in [1.54, 1.807) is 0 Å². The van der Waals surface area contributed by atoms with Gasteiger partial charge in [-0.1, -0.05) is 57.1 Å². The maximum absolute atomic E-state index is 12.2. The van der Waals surface area contributed by atoms with Crippen molar-refractivity contribution in [1.82, 2.24) is 30.8 Å². The second-order valence-corrected chi connectivity index (χ2v) is 12.5. The van der Waals surface area contributed by atoms with E-state index in [4.69, 9.17) is 10.2 Å². The van der Waals surface area contributed by atoms with Gasteiger partial charge < -0.3 is 31.3 Å². The molecule has 0 aliphatic heterocycles. The van der Waals surface area contributed by atoms with Gasteiger partial charge in [0, 0.05) is 44.9 Å². The number of hydrogen-bond acceptors (Lipinski definition) is 8. The monoisotopic (exact) mass is 698 g/mol. The quantitative estimate of drug-likeness (QED) is 0.0669. The zero-order valence-corrected chi connectivity index (χ0v) is 28.9. The first kappa shape index (κ1) is 41.6. The number of carboxylic acid groups (broad SMARTS) is 3. The third-order valence-corrected chi connectivity index (χ3v) is 8.20. The predicted octanol–water partition coefficient (Wildman–Crippen LogP) is 4.74. The van der Waals surface area contributed by atoms with Crippen molar-refractivity contribution in [3.8, 4) is 0 Å². The van der Waals surface area contributed by atoms with Crippen molar-refractivity contribution < 1.29 is 39.3 Å². The van der Waals surface area contributed by atoms with Gasteiger partial charge in [-0.25, -0.2) is 14.4 Å². The number of rotatable bonds is 28. The number of nitrogens with zero attached hydrogens (tertiary/aromatic N) is 3. The number of carbonyl (C=O) groups is 5. The van der Waals surface area contributed by atoms with E-state index in [-0.39, 0.29) is 18.7 Å². The number of unbranched alkanes of at least 4 members (excludes halogenated alkanes) is 9. The van der Waals surface area contributed by atoms with E-state index in [1.165, 1.54) is 25.7 Å². The molecule has 0 saturated carbocycles. The van der Waals surface area contributed by atoms with Crippen molar-refractivity contribution in [3.63, 3.8) is 0 Å². The highest BCUT2D eigenvalue weighted by Crippen LogP contribution is 2.13. The maximum Gasteiger partial charge on any atom is 0.326 e. The number of aliphatic carboxylic acids is 3. The van der Waals surface area contributed by atoms with Crippen LogP contribution >= 0.6 is 0 Å². The summed E-state index contributed by atoms with van der Waals surface area (Å²) in [6.45, 7) is 3.00. The van der Waals surface area contributed by atoms with Crippen LogP contribution in [0.2, 0.25) is 0 Å². The number of aromatic nitrogens is 2. The second-order valence-electron chi connectivity index (χ2n) is 12.5. The van der Waals surface area contributed by atoms with Crippen molar-refractivity contribution in [2.24, 2.45) is 0 Å². The lowest BCUT2D eigenvalue weighted by Crippen LogP contribution is -2.51. The van der Waals surface area contributed by atoms with E-state index < -0.39 is 42.4 Å². The van der Waals surface area contributed by atoms with Crippen molar-refractivity contribution in [1.29, 1.82) is 0 Å². The summed E-state index contributed by atoms with van der Waals surface area (Å²) in [5.74, 6) is -3.95. The average molecular weight is 699 g/mol. The fourth-order valence-electron chi connectivity index (χ4n) is 5.44. The minimum atomic E-state index is -1.46. The van der Waals surface area contributed by atoms with Gasteiger partial charge in [-0.15, -0.1) is 0 Å². The average Bonchev–Trinajstić information content (AvgIpc) is 3.08. The largest absolute Gasteiger partial charge is 0.481 e. The Morgan fingerprint density at radius 2 is 1.14 bits per heavy atom. The molecule has 14 nitrogen and oxygen atoms in total. The Morgan fingerprint density at radius 3 is 1.64 bits per heavy atom. The van der Waals surface area contributed by atoms with Crippen LogP contribution in [-0.2, 0) is 32.3 Å². The summed E-state index contributed by atoms with van der Waals surface area (Å²) in [6.07, 6.45) is 14.3. The first-order valence-corrected chi connectivity index (χ1v) is 17.7. The molecule has 2 rings (SSSR count). The molecule has 0 radical (unpaired) electrons. The lowest BCUT2D eigenvalue weighted by Gasteiger charge is -2.21. The normalized spacial score (nSPS) is 12.2. The fourth-order valence-corrected chi connectivity index (χ4v) is 5.44. The molecule has 0 aliphatic carbocycles. The van der Waals surface area contributed by atoms with E-state index >= 15 is 0 Å². The predicted molar refractivity (Wildman–Crippen MR) is 187 cm³/mol. The molecule has 3 amide bonds. The molecule has 2 aromatic heterocycles. The highest BCUT2D eigenvalue weighted by atomic mass is 16.4. The van der Waals surface area contributed by atoms with Crippen LogP contribution in [0.25, 0.3) is 0 Å². The van der Waals surface area contributed by atoms with Crippen molar-refractivity contribution in [2.75, 3.05) is 13.1 Å². The zero-order chi connectivity index (χ0) is 36.4. The zero-order valence-electron chi connectivity index (χ0n) is 28.9. The van der Waals surface area contributed by atoms with E-state index in [0.29, 0.717) is 25.8 Å². The lowest BCUT2D eigenvalue weighted by atomic mass is 10.1. The standard InChI is InChI=1S/C36H54N6O8/c43-32(39-24-14-11-18-30(34(46)47)40-36(50)41-31(35(48)49)20-21-33(44)45)19-8-6-4-2-1-3-5-7-15-25-42(26-28-16-9-12-22-37-28)27-29-17-10-13-23-38-29/h9-10,12-13,16-17,22-23,30-31H,1-8,11,14-15,18-21,24-27H2,(H,39,43)(H,44,45)(H,46,47)(H,48,49)(H2,40,41,50)/t30-,31-/m0/s1. The number of carbonyl (C=O) groups excluding carboxylic acids is 2. The van der Waals surface area contributed by atoms with Crippen LogP contribution in [0.5, 0.6) is 0 Å². The van der Waals surface area contributed by atoms with Crippen molar-refractivity contribution >= 4 is 29.8 Å². The Balaban J connectivity index is 1.48. The summed E-state index contributed by atoms with van der Waals surface area (Å²) >= 11 is 0. The van der Waals surface area contributed by atoms with Gasteiger partial charge >= 0.3 is 23.9 Å². The van der Waals surface area contributed by atoms with Gasteiger partial charge in [0.15, 0.2) is 0 Å². The van der Waals surface area contributed by atoms with Gasteiger partial charge in [0.25, 0.3) is 0 Å². The van der Waals surface area contributed by atoms with E-state index in [2.05, 4.69) is 43.0 Å². The summed E-state index contributed by atoms with van der Waals surface area (Å²) in [4.78, 5) is 69.1. The van der Waals surface area contributed by atoms with Crippen molar-refractivity contribution in [2.45, 2.75) is 121 Å². The third-order valence-electron chi connectivity index (χ3n) is 8.20. The first-order chi connectivity index (χ1) is 24.1. The summed E-state index contributed by atoms with van der Waals surface area (Å²) in [5.41, 5.74) is 2.13. The highest BCUT2D eigenvalue weighted by molar-refractivity contribution is 5.86. The summed E-state index contributed by atoms with van der Waals surface area (Å²) in [6, 6.07) is 8.32. The molecule has 0 bridgehead atoms. The first-order valence-electron chi connectivity index (χ1n) is 17.7. The van der Waals surface area contributed by atoms with Crippen LogP contribution in [0, 0.1) is 0 Å². The molecule has 2 heterocycles. The van der Waals surface area contributed by atoms with Crippen LogP contribution in [-0.4, -0.2) is 85.2 Å². The van der Waals surface area contributed by atoms with Crippen molar-refractivity contribution in [3.05, 3.63) is 60.2 Å². The molecular formula is C36H54N6O8. The molecule has 0 aromatic carbocycles. The number of pyridine rings is 2. The fraction of sp³-hybridized carbons (Fsp3) is 0.583. The number of carboxylic acids is 3. The number of amides is 3. The smallest absolute Gasteiger partial charge is 0.326 e. The van der Waals surface area contributed by atoms with Crippen LogP contribution in [0.3, 0.4) is 0 Å². The van der Waals surface area contributed by atoms with Crippen LogP contribution in [0.15, 0.2) is 48.8 Å². The van der Waals surface area contributed by atoms with Gasteiger partial charge in [-0.2, -0.15) is 0 Å². The molecule has 0 fully saturated rings. The minimum Gasteiger partial charge on any atom is -0.481 e. The van der Waals surface area contributed by atoms with Crippen LogP contribution in [0.4, 0.5) is 4.79 Å². The molecule has 2 atom stereocenters. The Kier molecular flexibility index (Phi) is 21.1. The van der Waals surface area contributed by atoms with Gasteiger partial charge in [-0.05, 0) is 69.3 Å². The lowest BCUT2D eigenvalue weighted by molar-refractivity contribution is -0.140. The van der Waals surface area contributed by atoms with E-state index in [0.717, 1.165) is 63.1 Å². The molecule has 0 spiro atoms. The molecule has 14 heteroatoms. The van der Waals surface area contributed by atoms with Crippen LogP contribution < -0.4 is 16.0 Å². The van der Waals surface area contributed by atoms with Gasteiger partial charge in [0.05, 0.1) is 11.4 Å². The third kappa shape index (κ3) is 20.0. The summed E-state index contributed by atoms with van der Waals surface area (Å²) < 4.78 is 0. The number of hydrogen-bond donors (Lipinski definition) is 6. The van der Waals surface area contributed by atoms with E-state index in [1.807, 2.05) is 36.7 Å². The van der Waals surface area contributed by atoms with Gasteiger partial charge in [0.2, 0.25) is 5.91 Å². The number of nitrogens with one attached hydrogen (secondary N) is 3.